The fourth-order valence-electron chi connectivity index (χ4n) is 6.12. The molecule has 216 valence electrons. The van der Waals surface area contributed by atoms with Crippen molar-refractivity contribution in [2.24, 2.45) is 0 Å². The van der Waals surface area contributed by atoms with Gasteiger partial charge >= 0.3 is 6.18 Å². The number of anilines is 3. The molecular weight excluding hydrogens is 571 g/mol. The average Bonchev–Trinajstić information content (AvgIpc) is 3.71. The molecule has 2 bridgehead atoms. The Hall–Kier alpha value is -2.45. The number of thioether (sulfide) groups is 1. The predicted octanol–water partition coefficient (Wildman–Crippen LogP) is 5.10. The molecule has 41 heavy (non-hydrogen) atoms. The third-order valence-electron chi connectivity index (χ3n) is 8.58. The first-order valence-corrected chi connectivity index (χ1v) is 16.0. The molecule has 0 radical (unpaired) electrons. The lowest BCUT2D eigenvalue weighted by Gasteiger charge is -2.48. The SMILES string of the molecule is FC(F)(F)c1cnc(Nc2ccc(N3CC4CC(C3)N4)nc2C2CC2)nc1-c1cc2c(s1)CN(C1COC1)CCS2. The molecule has 5 aliphatic heterocycles. The first-order valence-electron chi connectivity index (χ1n) is 14.2. The zero-order valence-corrected chi connectivity index (χ0v) is 23.9. The Balaban J connectivity index is 1.10. The monoisotopic (exact) mass is 601 g/mol. The van der Waals surface area contributed by atoms with Crippen molar-refractivity contribution in [1.82, 2.24) is 25.2 Å². The Bertz CT molecular complexity index is 1460. The van der Waals surface area contributed by atoms with E-state index in [0.29, 0.717) is 42.1 Å². The second-order valence-electron chi connectivity index (χ2n) is 11.6. The molecule has 5 fully saturated rings. The van der Waals surface area contributed by atoms with E-state index in [-0.39, 0.29) is 11.6 Å². The maximum Gasteiger partial charge on any atom is 0.420 e. The molecule has 13 heteroatoms. The van der Waals surface area contributed by atoms with Crippen LogP contribution in [0.2, 0.25) is 0 Å². The van der Waals surface area contributed by atoms with Crippen molar-refractivity contribution in [3.05, 3.63) is 40.5 Å². The minimum Gasteiger partial charge on any atom is -0.378 e. The third-order valence-corrected chi connectivity index (χ3v) is 10.9. The number of piperazine rings is 1. The highest BCUT2D eigenvalue weighted by atomic mass is 32.2. The van der Waals surface area contributed by atoms with Gasteiger partial charge < -0.3 is 20.3 Å². The van der Waals surface area contributed by atoms with Crippen LogP contribution in [-0.2, 0) is 17.5 Å². The molecule has 1 aliphatic carbocycles. The molecule has 2 unspecified atom stereocenters. The Labute approximate surface area is 244 Å². The van der Waals surface area contributed by atoms with Crippen LogP contribution >= 0.6 is 23.1 Å². The molecule has 3 aromatic heterocycles. The minimum atomic E-state index is -4.57. The van der Waals surface area contributed by atoms with Crippen LogP contribution in [0.4, 0.5) is 30.6 Å². The van der Waals surface area contributed by atoms with Crippen LogP contribution in [0.15, 0.2) is 29.3 Å². The summed E-state index contributed by atoms with van der Waals surface area (Å²) in [5.74, 6) is 2.35. The van der Waals surface area contributed by atoms with Crippen molar-refractivity contribution in [2.75, 3.05) is 48.8 Å². The van der Waals surface area contributed by atoms with Gasteiger partial charge in [-0.3, -0.25) is 4.90 Å². The molecule has 2 atom stereocenters. The van der Waals surface area contributed by atoms with E-state index in [0.717, 1.165) is 77.9 Å². The number of pyridine rings is 1. The minimum absolute atomic E-state index is 0.0789. The molecule has 1 saturated carbocycles. The molecule has 8 nitrogen and oxygen atoms in total. The van der Waals surface area contributed by atoms with Gasteiger partial charge in [0.2, 0.25) is 5.95 Å². The Morgan fingerprint density at radius 1 is 1.10 bits per heavy atom. The molecule has 4 saturated heterocycles. The number of hydrogen-bond donors (Lipinski definition) is 2. The topological polar surface area (TPSA) is 78.4 Å². The molecule has 8 heterocycles. The van der Waals surface area contributed by atoms with Gasteiger partial charge in [0, 0.05) is 65.9 Å². The molecule has 3 aromatic rings. The van der Waals surface area contributed by atoms with E-state index in [4.69, 9.17) is 9.72 Å². The fourth-order valence-corrected chi connectivity index (χ4v) is 8.55. The Kier molecular flexibility index (Phi) is 6.44. The van der Waals surface area contributed by atoms with Crippen LogP contribution in [0.5, 0.6) is 0 Å². The zero-order valence-electron chi connectivity index (χ0n) is 22.3. The number of halogens is 3. The van der Waals surface area contributed by atoms with E-state index in [9.17, 15) is 13.2 Å². The number of fused-ring (bicyclic) bond motifs is 3. The molecule has 6 aliphatic rings. The van der Waals surface area contributed by atoms with Crippen molar-refractivity contribution < 1.29 is 17.9 Å². The van der Waals surface area contributed by atoms with Crippen molar-refractivity contribution in [3.8, 4) is 10.6 Å². The Morgan fingerprint density at radius 2 is 1.90 bits per heavy atom. The summed E-state index contributed by atoms with van der Waals surface area (Å²) in [6.07, 6.45) is -0.325. The number of hydrogen-bond acceptors (Lipinski definition) is 10. The summed E-state index contributed by atoms with van der Waals surface area (Å²) >= 11 is 3.10. The van der Waals surface area contributed by atoms with Crippen LogP contribution < -0.4 is 15.5 Å². The lowest BCUT2D eigenvalue weighted by Crippen LogP contribution is -2.67. The van der Waals surface area contributed by atoms with Gasteiger partial charge in [0.1, 0.15) is 11.4 Å². The number of nitrogens with one attached hydrogen (secondary N) is 2. The largest absolute Gasteiger partial charge is 0.420 e. The smallest absolute Gasteiger partial charge is 0.378 e. The fraction of sp³-hybridized carbons (Fsp3) is 0.536. The number of piperidine rings is 1. The number of rotatable bonds is 6. The van der Waals surface area contributed by atoms with Crippen LogP contribution in [-0.4, -0.2) is 76.6 Å². The average molecular weight is 602 g/mol. The first-order chi connectivity index (χ1) is 19.9. The maximum absolute atomic E-state index is 14.2. The number of ether oxygens (including phenoxy) is 1. The molecule has 9 rings (SSSR count). The standard InChI is InChI=1S/C28H30F3N7OS2/c29-28(30,31)19-9-32-27(36-26(19)22-8-21-23(41-22)12-37(5-6-40-21)18-13-39-14-18)34-20-3-4-24(35-25(20)15-1-2-15)38-10-16-7-17(11-38)33-16/h3-4,8-9,15-18,33H,1-2,5-7,10-14H2,(H,32,34,36). The summed E-state index contributed by atoms with van der Waals surface area (Å²) in [5.41, 5.74) is 0.809. The summed E-state index contributed by atoms with van der Waals surface area (Å²) in [7, 11) is 0. The summed E-state index contributed by atoms with van der Waals surface area (Å²) < 4.78 is 47.8. The quantitative estimate of drug-likeness (QED) is 0.402. The van der Waals surface area contributed by atoms with Gasteiger partial charge in [-0.05, 0) is 37.5 Å². The van der Waals surface area contributed by atoms with Crippen LogP contribution in [0, 0.1) is 0 Å². The van der Waals surface area contributed by atoms with Gasteiger partial charge in [-0.1, -0.05) is 0 Å². The first kappa shape index (κ1) is 26.2. The normalized spacial score (nSPS) is 24.8. The molecular formula is C28H30F3N7OS2. The van der Waals surface area contributed by atoms with Crippen LogP contribution in [0.25, 0.3) is 10.6 Å². The van der Waals surface area contributed by atoms with E-state index >= 15 is 0 Å². The molecule has 2 N–H and O–H groups in total. The van der Waals surface area contributed by atoms with Crippen molar-refractivity contribution in [3.63, 3.8) is 0 Å². The molecule has 0 spiro atoms. The molecule has 0 amide bonds. The van der Waals surface area contributed by atoms with Crippen molar-refractivity contribution in [1.29, 1.82) is 0 Å². The number of aromatic nitrogens is 3. The van der Waals surface area contributed by atoms with Gasteiger partial charge in [0.15, 0.2) is 0 Å². The lowest BCUT2D eigenvalue weighted by atomic mass is 9.91. The number of thiophene rings is 1. The number of alkyl halides is 3. The summed E-state index contributed by atoms with van der Waals surface area (Å²) in [4.78, 5) is 21.0. The van der Waals surface area contributed by atoms with Crippen molar-refractivity contribution in [2.45, 2.75) is 60.9 Å². The Morgan fingerprint density at radius 3 is 2.61 bits per heavy atom. The van der Waals surface area contributed by atoms with Crippen LogP contribution in [0.1, 0.15) is 41.3 Å². The highest BCUT2D eigenvalue weighted by Crippen LogP contribution is 2.46. The van der Waals surface area contributed by atoms with Gasteiger partial charge in [-0.15, -0.1) is 23.1 Å². The molecule has 0 aromatic carbocycles. The van der Waals surface area contributed by atoms with Gasteiger partial charge in [-0.2, -0.15) is 13.2 Å². The van der Waals surface area contributed by atoms with E-state index in [1.165, 1.54) is 17.8 Å². The van der Waals surface area contributed by atoms with Gasteiger partial charge in [0.25, 0.3) is 0 Å². The number of nitrogens with zero attached hydrogens (tertiary/aromatic N) is 5. The summed E-state index contributed by atoms with van der Waals surface area (Å²) in [5, 5.41) is 6.79. The highest BCUT2D eigenvalue weighted by molar-refractivity contribution is 7.99. The summed E-state index contributed by atoms with van der Waals surface area (Å²) in [6, 6.07) is 7.28. The summed E-state index contributed by atoms with van der Waals surface area (Å²) in [6.45, 7) is 4.98. The van der Waals surface area contributed by atoms with E-state index in [1.807, 2.05) is 18.2 Å². The van der Waals surface area contributed by atoms with E-state index < -0.39 is 11.7 Å². The lowest BCUT2D eigenvalue weighted by molar-refractivity contribution is -0.137. The zero-order chi connectivity index (χ0) is 27.7. The second-order valence-corrected chi connectivity index (χ2v) is 13.8. The van der Waals surface area contributed by atoms with Gasteiger partial charge in [-0.25, -0.2) is 15.0 Å². The second kappa shape index (κ2) is 10.1. The van der Waals surface area contributed by atoms with E-state index in [1.54, 1.807) is 11.8 Å². The van der Waals surface area contributed by atoms with Crippen LogP contribution in [0.3, 0.4) is 0 Å². The third kappa shape index (κ3) is 5.09. The van der Waals surface area contributed by atoms with Crippen molar-refractivity contribution >= 4 is 40.6 Å². The van der Waals surface area contributed by atoms with Gasteiger partial charge in [0.05, 0.1) is 41.2 Å². The van der Waals surface area contributed by atoms with E-state index in [2.05, 4.69) is 30.4 Å². The maximum atomic E-state index is 14.2. The predicted molar refractivity (Wildman–Crippen MR) is 153 cm³/mol. The highest BCUT2D eigenvalue weighted by Gasteiger charge is 2.39.